The molecule has 2 aromatic carbocycles. The number of aryl methyl sites for hydroxylation is 1. The molecule has 0 heterocycles. The van der Waals surface area contributed by atoms with E-state index in [2.05, 4.69) is 4.72 Å². The zero-order chi connectivity index (χ0) is 18.8. The summed E-state index contributed by atoms with van der Waals surface area (Å²) in [7, 11) is -4.11. The number of hydrogen-bond acceptors (Lipinski definition) is 4. The first-order chi connectivity index (χ1) is 11.5. The third-order valence-electron chi connectivity index (χ3n) is 3.40. The fourth-order valence-corrected chi connectivity index (χ4v) is 3.90. The van der Waals surface area contributed by atoms with Crippen LogP contribution in [0.4, 0.5) is 0 Å². The van der Waals surface area contributed by atoms with E-state index in [0.29, 0.717) is 5.02 Å². The highest BCUT2D eigenvalue weighted by atomic mass is 35.5. The van der Waals surface area contributed by atoms with Gasteiger partial charge in [-0.1, -0.05) is 41.4 Å². The van der Waals surface area contributed by atoms with Gasteiger partial charge in [0.15, 0.2) is 0 Å². The molecule has 0 aliphatic carbocycles. The van der Waals surface area contributed by atoms with E-state index in [9.17, 15) is 18.5 Å². The topological polar surface area (TPSA) is 89.3 Å². The summed E-state index contributed by atoms with van der Waals surface area (Å²) < 4.78 is 24.8. The van der Waals surface area contributed by atoms with Crippen LogP contribution in [0.25, 0.3) is 0 Å². The number of rotatable bonds is 6. The Bertz CT molecular complexity index is 869. The van der Waals surface area contributed by atoms with E-state index in [1.54, 1.807) is 19.1 Å². The van der Waals surface area contributed by atoms with Gasteiger partial charge in [-0.05, 0) is 60.0 Å². The van der Waals surface area contributed by atoms with Crippen molar-refractivity contribution in [3.05, 3.63) is 74.8 Å². The van der Waals surface area contributed by atoms with Crippen molar-refractivity contribution in [1.82, 2.24) is 4.72 Å². The lowest BCUT2D eigenvalue weighted by Gasteiger charge is -2.24. The summed E-state index contributed by atoms with van der Waals surface area (Å²) in [5.41, 5.74) is 1.06. The van der Waals surface area contributed by atoms with Crippen LogP contribution in [0.5, 0.6) is 0 Å². The number of alkyl halides is 2. The van der Waals surface area contributed by atoms with Crippen molar-refractivity contribution in [2.24, 2.45) is 0 Å². The maximum absolute atomic E-state index is 12.6. The van der Waals surface area contributed by atoms with Crippen molar-refractivity contribution >= 4 is 44.8 Å². The summed E-state index contributed by atoms with van der Waals surface area (Å²) in [6.45, 7) is 1.80. The number of sulfonamides is 1. The molecule has 0 aliphatic rings. The molecule has 0 spiro atoms. The summed E-state index contributed by atoms with van der Waals surface area (Å²) >= 11 is 17.5. The first-order valence-corrected chi connectivity index (χ1v) is 9.52. The van der Waals surface area contributed by atoms with Crippen LogP contribution >= 0.6 is 34.8 Å². The van der Waals surface area contributed by atoms with Crippen molar-refractivity contribution in [3.8, 4) is 0 Å². The Hall–Kier alpha value is -1.38. The van der Waals surface area contributed by atoms with E-state index in [1.165, 1.54) is 36.4 Å². The van der Waals surface area contributed by atoms with Gasteiger partial charge in [0.25, 0.3) is 0 Å². The fraction of sp³-hybridized carbons (Fsp3) is 0.200. The summed E-state index contributed by atoms with van der Waals surface area (Å²) in [5, 5.41) is 11.6. The normalized spacial score (nSPS) is 13.4. The summed E-state index contributed by atoms with van der Waals surface area (Å²) in [5.74, 6) is 0. The van der Waals surface area contributed by atoms with Gasteiger partial charge in [-0.25, -0.2) is 8.42 Å². The molecule has 6 nitrogen and oxygen atoms in total. The van der Waals surface area contributed by atoms with Crippen LogP contribution in [0, 0.1) is 17.0 Å². The standard InChI is InChI=1S/C15H13Cl3N2O4S/c1-10-2-8-13(9-3-10)25(23,24)19-14(15(17,18)20(21)22)11-4-6-12(16)7-5-11/h2-9,14,19H,1H3/t14-/m1/s1. The third kappa shape index (κ3) is 4.62. The SMILES string of the molecule is Cc1ccc(S(=O)(=O)N[C@H](c2ccc(Cl)cc2)C(Cl)(Cl)[N+](=O)[O-])cc1. The Balaban J connectivity index is 2.47. The summed E-state index contributed by atoms with van der Waals surface area (Å²) in [6.07, 6.45) is 0. The van der Waals surface area contributed by atoms with Crippen LogP contribution in [-0.2, 0) is 10.0 Å². The molecule has 0 bridgehead atoms. The number of hydrogen-bond donors (Lipinski definition) is 1. The second-order valence-corrected chi connectivity index (χ2v) is 8.76. The predicted octanol–water partition coefficient (Wildman–Crippen LogP) is 4.08. The van der Waals surface area contributed by atoms with Crippen LogP contribution in [0.15, 0.2) is 53.4 Å². The minimum absolute atomic E-state index is 0.0652. The molecule has 0 saturated heterocycles. The first kappa shape index (κ1) is 19.9. The summed E-state index contributed by atoms with van der Waals surface area (Å²) in [6, 6.07) is 10.2. The van der Waals surface area contributed by atoms with Gasteiger partial charge in [0.2, 0.25) is 10.0 Å². The molecule has 0 radical (unpaired) electrons. The lowest BCUT2D eigenvalue weighted by atomic mass is 10.1. The van der Waals surface area contributed by atoms with E-state index < -0.39 is 25.4 Å². The molecular formula is C15H13Cl3N2O4S. The van der Waals surface area contributed by atoms with Crippen molar-refractivity contribution in [2.75, 3.05) is 0 Å². The maximum Gasteiger partial charge on any atom is 0.390 e. The molecule has 2 aromatic rings. The van der Waals surface area contributed by atoms with Gasteiger partial charge in [-0.2, -0.15) is 4.72 Å². The molecule has 134 valence electrons. The monoisotopic (exact) mass is 422 g/mol. The van der Waals surface area contributed by atoms with Crippen molar-refractivity contribution in [1.29, 1.82) is 0 Å². The van der Waals surface area contributed by atoms with Gasteiger partial charge >= 0.3 is 4.46 Å². The molecule has 10 heteroatoms. The third-order valence-corrected chi connectivity index (χ3v) is 5.80. The average molecular weight is 424 g/mol. The first-order valence-electron chi connectivity index (χ1n) is 6.91. The molecular weight excluding hydrogens is 411 g/mol. The van der Waals surface area contributed by atoms with Crippen LogP contribution in [0.3, 0.4) is 0 Å². The van der Waals surface area contributed by atoms with Crippen LogP contribution < -0.4 is 4.72 Å². The molecule has 0 fully saturated rings. The number of benzene rings is 2. The van der Waals surface area contributed by atoms with E-state index in [4.69, 9.17) is 34.8 Å². The second kappa shape index (κ2) is 7.47. The minimum Gasteiger partial charge on any atom is -0.261 e. The van der Waals surface area contributed by atoms with E-state index in [1.807, 2.05) is 0 Å². The van der Waals surface area contributed by atoms with Gasteiger partial charge in [-0.15, -0.1) is 0 Å². The second-order valence-electron chi connectivity index (χ2n) is 5.26. The molecule has 0 unspecified atom stereocenters. The van der Waals surface area contributed by atoms with Crippen molar-refractivity contribution < 1.29 is 13.3 Å². The van der Waals surface area contributed by atoms with E-state index >= 15 is 0 Å². The highest BCUT2D eigenvalue weighted by Crippen LogP contribution is 2.38. The van der Waals surface area contributed by atoms with Crippen molar-refractivity contribution in [3.63, 3.8) is 0 Å². The van der Waals surface area contributed by atoms with Crippen LogP contribution in [-0.4, -0.2) is 17.8 Å². The Labute approximate surface area is 159 Å². The molecule has 2 rings (SSSR count). The Kier molecular flexibility index (Phi) is 5.96. The molecule has 0 aliphatic heterocycles. The largest absolute Gasteiger partial charge is 0.390 e. The molecule has 0 saturated carbocycles. The van der Waals surface area contributed by atoms with Crippen molar-refractivity contribution in [2.45, 2.75) is 22.3 Å². The van der Waals surface area contributed by atoms with Gasteiger partial charge in [0.05, 0.1) is 9.82 Å². The zero-order valence-electron chi connectivity index (χ0n) is 12.8. The number of nitro groups is 1. The Morgan fingerprint density at radius 2 is 1.60 bits per heavy atom. The molecule has 1 atom stereocenters. The highest BCUT2D eigenvalue weighted by Gasteiger charge is 2.50. The van der Waals surface area contributed by atoms with Crippen LogP contribution in [0.1, 0.15) is 17.2 Å². The van der Waals surface area contributed by atoms with Gasteiger partial charge in [0.1, 0.15) is 6.04 Å². The number of halogens is 3. The quantitative estimate of drug-likeness (QED) is 0.328. The summed E-state index contributed by atoms with van der Waals surface area (Å²) in [4.78, 5) is 10.2. The van der Waals surface area contributed by atoms with Gasteiger partial charge < -0.3 is 0 Å². The Morgan fingerprint density at radius 3 is 2.08 bits per heavy atom. The van der Waals surface area contributed by atoms with E-state index in [-0.39, 0.29) is 10.5 Å². The van der Waals surface area contributed by atoms with Gasteiger partial charge in [0, 0.05) is 5.02 Å². The fourth-order valence-electron chi connectivity index (χ4n) is 2.04. The van der Waals surface area contributed by atoms with Crippen LogP contribution in [0.2, 0.25) is 5.02 Å². The minimum atomic E-state index is -4.11. The number of nitrogens with one attached hydrogen (secondary N) is 1. The lowest BCUT2D eigenvalue weighted by molar-refractivity contribution is -0.520. The predicted molar refractivity (Wildman–Crippen MR) is 97.1 cm³/mol. The molecule has 0 aromatic heterocycles. The Morgan fingerprint density at radius 1 is 1.08 bits per heavy atom. The smallest absolute Gasteiger partial charge is 0.261 e. The maximum atomic E-state index is 12.6. The van der Waals surface area contributed by atoms with Gasteiger partial charge in [-0.3, -0.25) is 10.1 Å². The molecule has 1 N–H and O–H groups in total. The highest BCUT2D eigenvalue weighted by molar-refractivity contribution is 7.89. The lowest BCUT2D eigenvalue weighted by Crippen LogP contribution is -2.43. The zero-order valence-corrected chi connectivity index (χ0v) is 15.9. The number of nitrogens with zero attached hydrogens (tertiary/aromatic N) is 1. The molecule has 25 heavy (non-hydrogen) atoms. The van der Waals surface area contributed by atoms with E-state index in [0.717, 1.165) is 5.56 Å². The average Bonchev–Trinajstić information content (AvgIpc) is 2.54. The molecule has 0 amide bonds.